The van der Waals surface area contributed by atoms with Gasteiger partial charge < -0.3 is 5.11 Å². The lowest BCUT2D eigenvalue weighted by Crippen LogP contribution is -1.99. The number of phenolic OH excluding ortho intramolecular Hbond substituents is 1. The highest BCUT2D eigenvalue weighted by Crippen LogP contribution is 2.19. The summed E-state index contributed by atoms with van der Waals surface area (Å²) in [5.41, 5.74) is 2.97. The molecule has 5 nitrogen and oxygen atoms in total. The van der Waals surface area contributed by atoms with Crippen LogP contribution in [0.2, 0.25) is 0 Å². The van der Waals surface area contributed by atoms with Crippen LogP contribution in [0.5, 0.6) is 5.75 Å². The van der Waals surface area contributed by atoms with Gasteiger partial charge in [-0.1, -0.05) is 26.0 Å². The summed E-state index contributed by atoms with van der Waals surface area (Å²) in [6, 6.07) is 14.8. The van der Waals surface area contributed by atoms with Gasteiger partial charge in [-0.2, -0.15) is 0 Å². The standard InChI is InChI=1S/C16H16N4O/c1-11(2)12-3-7-14(8-4-12)20-18-16(17-19-20)13-5-9-15(21)10-6-13/h3-11,21H,1-2H3. The molecule has 0 atom stereocenters. The van der Waals surface area contributed by atoms with Crippen LogP contribution in [-0.2, 0) is 0 Å². The van der Waals surface area contributed by atoms with Crippen LogP contribution in [0.4, 0.5) is 0 Å². The Kier molecular flexibility index (Phi) is 3.39. The van der Waals surface area contributed by atoms with Crippen molar-refractivity contribution in [2.45, 2.75) is 19.8 Å². The molecule has 0 aliphatic rings. The second-order valence-electron chi connectivity index (χ2n) is 5.20. The van der Waals surface area contributed by atoms with Gasteiger partial charge in [-0.15, -0.1) is 15.0 Å². The molecule has 3 rings (SSSR count). The van der Waals surface area contributed by atoms with E-state index in [0.717, 1.165) is 11.3 Å². The number of tetrazole rings is 1. The number of hydrogen-bond donors (Lipinski definition) is 1. The van der Waals surface area contributed by atoms with Crippen LogP contribution in [0.15, 0.2) is 48.5 Å². The fourth-order valence-electron chi connectivity index (χ4n) is 2.04. The first-order valence-electron chi connectivity index (χ1n) is 6.83. The molecule has 0 unspecified atom stereocenters. The van der Waals surface area contributed by atoms with Crippen molar-refractivity contribution in [2.24, 2.45) is 0 Å². The van der Waals surface area contributed by atoms with Crippen molar-refractivity contribution in [3.05, 3.63) is 54.1 Å². The number of phenols is 1. The Labute approximate surface area is 122 Å². The summed E-state index contributed by atoms with van der Waals surface area (Å²) in [5, 5.41) is 21.8. The SMILES string of the molecule is CC(C)c1ccc(-n2nnc(-c3ccc(O)cc3)n2)cc1. The van der Waals surface area contributed by atoms with Gasteiger partial charge in [0.2, 0.25) is 5.82 Å². The van der Waals surface area contributed by atoms with E-state index in [9.17, 15) is 5.11 Å². The number of rotatable bonds is 3. The van der Waals surface area contributed by atoms with E-state index in [4.69, 9.17) is 0 Å². The Morgan fingerprint density at radius 2 is 1.62 bits per heavy atom. The Hall–Kier alpha value is -2.69. The van der Waals surface area contributed by atoms with E-state index in [1.54, 1.807) is 24.3 Å². The molecule has 0 radical (unpaired) electrons. The van der Waals surface area contributed by atoms with Crippen LogP contribution < -0.4 is 0 Å². The van der Waals surface area contributed by atoms with Crippen LogP contribution in [0, 0.1) is 0 Å². The first-order valence-corrected chi connectivity index (χ1v) is 6.83. The van der Waals surface area contributed by atoms with E-state index >= 15 is 0 Å². The van der Waals surface area contributed by atoms with E-state index in [-0.39, 0.29) is 5.75 Å². The molecule has 0 saturated heterocycles. The van der Waals surface area contributed by atoms with Gasteiger partial charge in [0.05, 0.1) is 5.69 Å². The molecule has 0 fully saturated rings. The lowest BCUT2D eigenvalue weighted by molar-refractivity contribution is 0.475. The molecular formula is C16H16N4O. The zero-order valence-corrected chi connectivity index (χ0v) is 11.9. The maximum atomic E-state index is 9.30. The molecule has 21 heavy (non-hydrogen) atoms. The predicted molar refractivity (Wildman–Crippen MR) is 80.3 cm³/mol. The summed E-state index contributed by atoms with van der Waals surface area (Å²) >= 11 is 0. The topological polar surface area (TPSA) is 63.8 Å². The Balaban J connectivity index is 1.89. The monoisotopic (exact) mass is 280 g/mol. The Morgan fingerprint density at radius 3 is 2.24 bits per heavy atom. The smallest absolute Gasteiger partial charge is 0.205 e. The summed E-state index contributed by atoms with van der Waals surface area (Å²) in [7, 11) is 0. The molecule has 1 heterocycles. The van der Waals surface area contributed by atoms with Crippen molar-refractivity contribution >= 4 is 0 Å². The summed E-state index contributed by atoms with van der Waals surface area (Å²) in [6.45, 7) is 4.32. The highest BCUT2D eigenvalue weighted by atomic mass is 16.3. The predicted octanol–water partition coefficient (Wildman–Crippen LogP) is 3.16. The number of nitrogens with zero attached hydrogens (tertiary/aromatic N) is 4. The van der Waals surface area contributed by atoms with Crippen molar-refractivity contribution in [3.63, 3.8) is 0 Å². The number of benzene rings is 2. The summed E-state index contributed by atoms with van der Waals surface area (Å²) in [4.78, 5) is 1.51. The summed E-state index contributed by atoms with van der Waals surface area (Å²) < 4.78 is 0. The quantitative estimate of drug-likeness (QED) is 0.800. The van der Waals surface area contributed by atoms with E-state index in [0.29, 0.717) is 11.7 Å². The lowest BCUT2D eigenvalue weighted by Gasteiger charge is -2.05. The maximum Gasteiger partial charge on any atom is 0.205 e. The first kappa shape index (κ1) is 13.3. The van der Waals surface area contributed by atoms with Crippen LogP contribution in [0.3, 0.4) is 0 Å². The van der Waals surface area contributed by atoms with Gasteiger partial charge in [0.15, 0.2) is 0 Å². The fourth-order valence-corrected chi connectivity index (χ4v) is 2.04. The van der Waals surface area contributed by atoms with Crippen LogP contribution in [0.25, 0.3) is 17.1 Å². The van der Waals surface area contributed by atoms with Crippen molar-refractivity contribution in [2.75, 3.05) is 0 Å². The molecule has 0 aliphatic heterocycles. The number of hydrogen-bond acceptors (Lipinski definition) is 4. The van der Waals surface area contributed by atoms with Crippen molar-refractivity contribution in [1.29, 1.82) is 0 Å². The highest BCUT2D eigenvalue weighted by molar-refractivity contribution is 5.55. The molecule has 0 saturated carbocycles. The molecule has 0 spiro atoms. The Morgan fingerprint density at radius 1 is 0.952 bits per heavy atom. The summed E-state index contributed by atoms with van der Waals surface area (Å²) in [5.74, 6) is 1.24. The normalized spacial score (nSPS) is 11.0. The fraction of sp³-hybridized carbons (Fsp3) is 0.188. The minimum absolute atomic E-state index is 0.218. The first-order chi connectivity index (χ1) is 10.1. The van der Waals surface area contributed by atoms with Gasteiger partial charge in [0, 0.05) is 5.56 Å². The average Bonchev–Trinajstić information content (AvgIpc) is 2.98. The maximum absolute atomic E-state index is 9.30. The molecule has 5 heteroatoms. The third-order valence-corrected chi connectivity index (χ3v) is 3.33. The van der Waals surface area contributed by atoms with Crippen LogP contribution >= 0.6 is 0 Å². The third kappa shape index (κ3) is 2.76. The lowest BCUT2D eigenvalue weighted by atomic mass is 10.0. The molecule has 1 N–H and O–H groups in total. The van der Waals surface area contributed by atoms with E-state index in [2.05, 4.69) is 41.4 Å². The van der Waals surface area contributed by atoms with Gasteiger partial charge in [-0.25, -0.2) is 0 Å². The molecule has 106 valence electrons. The molecule has 0 aliphatic carbocycles. The van der Waals surface area contributed by atoms with Crippen molar-refractivity contribution in [1.82, 2.24) is 20.2 Å². The zero-order chi connectivity index (χ0) is 14.8. The van der Waals surface area contributed by atoms with Crippen LogP contribution in [-0.4, -0.2) is 25.3 Å². The number of aromatic nitrogens is 4. The van der Waals surface area contributed by atoms with Gasteiger partial charge in [0.25, 0.3) is 0 Å². The van der Waals surface area contributed by atoms with Gasteiger partial charge >= 0.3 is 0 Å². The third-order valence-electron chi connectivity index (χ3n) is 3.33. The van der Waals surface area contributed by atoms with Gasteiger partial charge in [-0.05, 0) is 53.1 Å². The highest BCUT2D eigenvalue weighted by Gasteiger charge is 2.08. The number of aromatic hydroxyl groups is 1. The van der Waals surface area contributed by atoms with Crippen molar-refractivity contribution in [3.8, 4) is 22.8 Å². The molecular weight excluding hydrogens is 264 g/mol. The van der Waals surface area contributed by atoms with E-state index < -0.39 is 0 Å². The van der Waals surface area contributed by atoms with E-state index in [1.165, 1.54) is 10.4 Å². The largest absolute Gasteiger partial charge is 0.508 e. The second kappa shape index (κ2) is 5.36. The molecule has 0 amide bonds. The zero-order valence-electron chi connectivity index (χ0n) is 11.9. The Bertz CT molecular complexity index is 730. The molecule has 3 aromatic rings. The van der Waals surface area contributed by atoms with E-state index in [1.807, 2.05) is 12.1 Å². The average molecular weight is 280 g/mol. The second-order valence-corrected chi connectivity index (χ2v) is 5.20. The molecule has 2 aromatic carbocycles. The van der Waals surface area contributed by atoms with Gasteiger partial charge in [-0.3, -0.25) is 0 Å². The minimum Gasteiger partial charge on any atom is -0.508 e. The van der Waals surface area contributed by atoms with Crippen molar-refractivity contribution < 1.29 is 5.11 Å². The van der Waals surface area contributed by atoms with Crippen LogP contribution in [0.1, 0.15) is 25.3 Å². The summed E-state index contributed by atoms with van der Waals surface area (Å²) in [6.07, 6.45) is 0. The van der Waals surface area contributed by atoms with Gasteiger partial charge in [0.1, 0.15) is 5.75 Å². The molecule has 1 aromatic heterocycles. The molecule has 0 bridgehead atoms. The minimum atomic E-state index is 0.218.